The van der Waals surface area contributed by atoms with E-state index in [1.807, 2.05) is 0 Å². The Morgan fingerprint density at radius 2 is 1.95 bits per heavy atom. The molecule has 106 valence electrons. The van der Waals surface area contributed by atoms with E-state index in [-0.39, 0.29) is 0 Å². The first kappa shape index (κ1) is 15.3. The van der Waals surface area contributed by atoms with Gasteiger partial charge in [0.05, 0.1) is 0 Å². The van der Waals surface area contributed by atoms with Crippen molar-refractivity contribution < 1.29 is 0 Å². The zero-order valence-corrected chi connectivity index (χ0v) is 13.6. The zero-order valence-electron chi connectivity index (χ0n) is 11.9. The lowest BCUT2D eigenvalue weighted by molar-refractivity contribution is 0.577. The second kappa shape index (κ2) is 7.61. The first-order valence-electron chi connectivity index (χ1n) is 7.23. The van der Waals surface area contributed by atoms with E-state index in [0.29, 0.717) is 11.3 Å². The molecule has 0 radical (unpaired) electrons. The van der Waals surface area contributed by atoms with E-state index < -0.39 is 0 Å². The summed E-state index contributed by atoms with van der Waals surface area (Å²) in [7, 11) is 0. The fraction of sp³-hybridized carbons (Fsp3) is 0.625. The van der Waals surface area contributed by atoms with Crippen molar-refractivity contribution in [3.05, 3.63) is 35.9 Å². The molecule has 4 atom stereocenters. The van der Waals surface area contributed by atoms with Gasteiger partial charge in [0.2, 0.25) is 0 Å². The van der Waals surface area contributed by atoms with E-state index >= 15 is 0 Å². The predicted molar refractivity (Wildman–Crippen MR) is 90.1 cm³/mol. The molecule has 0 spiro atoms. The molecule has 3 heteroatoms. The molecule has 0 amide bonds. The van der Waals surface area contributed by atoms with Crippen LogP contribution in [0.1, 0.15) is 32.3 Å². The Morgan fingerprint density at radius 3 is 2.63 bits per heavy atom. The summed E-state index contributed by atoms with van der Waals surface area (Å²) in [4.78, 5) is 0. The molecule has 1 saturated heterocycles. The van der Waals surface area contributed by atoms with Crippen molar-refractivity contribution >= 4 is 23.5 Å². The van der Waals surface area contributed by atoms with Gasteiger partial charge >= 0.3 is 0 Å². The minimum Gasteiger partial charge on any atom is -0.327 e. The highest BCUT2D eigenvalue weighted by Crippen LogP contribution is 2.37. The molecule has 4 unspecified atom stereocenters. The molecule has 0 saturated carbocycles. The number of hydrogen-bond donors (Lipinski definition) is 1. The number of benzene rings is 1. The molecule has 0 aliphatic carbocycles. The molecule has 1 fully saturated rings. The summed E-state index contributed by atoms with van der Waals surface area (Å²) in [5.41, 5.74) is 7.82. The smallest absolute Gasteiger partial charge is 0.0292 e. The van der Waals surface area contributed by atoms with Crippen LogP contribution >= 0.6 is 23.5 Å². The van der Waals surface area contributed by atoms with Gasteiger partial charge < -0.3 is 5.73 Å². The first-order valence-corrected chi connectivity index (χ1v) is 9.22. The molecule has 2 N–H and O–H groups in total. The molecule has 1 nitrogen and oxygen atoms in total. The molecule has 1 aromatic rings. The predicted octanol–water partition coefficient (Wildman–Crippen LogP) is 3.96. The average Bonchev–Trinajstić information content (AvgIpc) is 2.43. The van der Waals surface area contributed by atoms with Gasteiger partial charge in [-0.15, -0.1) is 0 Å². The van der Waals surface area contributed by atoms with Crippen molar-refractivity contribution in [1.29, 1.82) is 0 Å². The van der Waals surface area contributed by atoms with Crippen molar-refractivity contribution in [2.45, 2.75) is 54.9 Å². The minimum absolute atomic E-state index is 0.358. The van der Waals surface area contributed by atoms with E-state index in [0.717, 1.165) is 23.3 Å². The van der Waals surface area contributed by atoms with E-state index in [9.17, 15) is 0 Å². The van der Waals surface area contributed by atoms with Crippen LogP contribution in [0.15, 0.2) is 30.3 Å². The van der Waals surface area contributed by atoms with Crippen LogP contribution in [0.5, 0.6) is 0 Å². The van der Waals surface area contributed by atoms with Gasteiger partial charge in [0.15, 0.2) is 0 Å². The van der Waals surface area contributed by atoms with Crippen LogP contribution in [0.2, 0.25) is 0 Å². The average molecular weight is 296 g/mol. The van der Waals surface area contributed by atoms with Gasteiger partial charge in [-0.1, -0.05) is 44.2 Å². The van der Waals surface area contributed by atoms with Crippen molar-refractivity contribution in [3.63, 3.8) is 0 Å². The summed E-state index contributed by atoms with van der Waals surface area (Å²) >= 11 is 4.19. The Balaban J connectivity index is 1.71. The summed E-state index contributed by atoms with van der Waals surface area (Å²) in [6, 6.07) is 11.1. The molecule has 1 aliphatic heterocycles. The first-order chi connectivity index (χ1) is 9.16. The van der Waals surface area contributed by atoms with Crippen LogP contribution in [0, 0.1) is 0 Å². The van der Waals surface area contributed by atoms with Gasteiger partial charge in [0.1, 0.15) is 0 Å². The van der Waals surface area contributed by atoms with Crippen LogP contribution < -0.4 is 5.73 Å². The number of hydrogen-bond acceptors (Lipinski definition) is 3. The lowest BCUT2D eigenvalue weighted by Gasteiger charge is -2.34. The fourth-order valence-corrected chi connectivity index (χ4v) is 5.50. The summed E-state index contributed by atoms with van der Waals surface area (Å²) < 4.78 is 0. The monoisotopic (exact) mass is 295 g/mol. The largest absolute Gasteiger partial charge is 0.327 e. The second-order valence-corrected chi connectivity index (χ2v) is 8.49. The van der Waals surface area contributed by atoms with Gasteiger partial charge in [0, 0.05) is 27.5 Å². The van der Waals surface area contributed by atoms with Crippen LogP contribution in [0.4, 0.5) is 0 Å². The highest BCUT2D eigenvalue weighted by atomic mass is 32.2. The van der Waals surface area contributed by atoms with Gasteiger partial charge in [-0.3, -0.25) is 0 Å². The number of rotatable bonds is 5. The lowest BCUT2D eigenvalue weighted by atomic mass is 10.0. The quantitative estimate of drug-likeness (QED) is 0.890. The van der Waals surface area contributed by atoms with Crippen molar-refractivity contribution in [3.8, 4) is 0 Å². The molecule has 1 aromatic carbocycles. The minimum atomic E-state index is 0.358. The molecule has 19 heavy (non-hydrogen) atoms. The Labute approximate surface area is 126 Å². The number of nitrogens with two attached hydrogens (primary N) is 1. The van der Waals surface area contributed by atoms with Crippen LogP contribution in [0.3, 0.4) is 0 Å². The van der Waals surface area contributed by atoms with Crippen molar-refractivity contribution in [1.82, 2.24) is 0 Å². The number of aryl methyl sites for hydroxylation is 1. The number of thioether (sulfide) groups is 2. The fourth-order valence-electron chi connectivity index (χ4n) is 2.40. The van der Waals surface area contributed by atoms with Crippen LogP contribution in [-0.4, -0.2) is 27.5 Å². The molecular weight excluding hydrogens is 270 g/mol. The van der Waals surface area contributed by atoms with Gasteiger partial charge in [-0.05, 0) is 24.8 Å². The molecule has 2 rings (SSSR count). The third kappa shape index (κ3) is 4.73. The van der Waals surface area contributed by atoms with Gasteiger partial charge in [-0.2, -0.15) is 23.5 Å². The van der Waals surface area contributed by atoms with E-state index in [1.54, 1.807) is 0 Å². The molecule has 0 bridgehead atoms. The highest BCUT2D eigenvalue weighted by molar-refractivity contribution is 8.07. The summed E-state index contributed by atoms with van der Waals surface area (Å²) in [5.74, 6) is 1.22. The Hall–Kier alpha value is -0.120. The SMILES string of the molecule is CC1SCC(C(N)CCCc2ccccc2)SC1C. The highest BCUT2D eigenvalue weighted by Gasteiger charge is 2.29. The molecule has 0 aromatic heterocycles. The van der Waals surface area contributed by atoms with Crippen LogP contribution in [-0.2, 0) is 6.42 Å². The summed E-state index contributed by atoms with van der Waals surface area (Å²) in [5, 5.41) is 2.16. The van der Waals surface area contributed by atoms with E-state index in [2.05, 4.69) is 67.7 Å². The zero-order chi connectivity index (χ0) is 13.7. The van der Waals surface area contributed by atoms with Gasteiger partial charge in [-0.25, -0.2) is 0 Å². The maximum absolute atomic E-state index is 6.39. The Bertz CT molecular complexity index is 368. The molecule has 1 heterocycles. The van der Waals surface area contributed by atoms with Gasteiger partial charge in [0.25, 0.3) is 0 Å². The van der Waals surface area contributed by atoms with E-state index in [1.165, 1.54) is 17.7 Å². The third-order valence-electron chi connectivity index (χ3n) is 3.90. The molecule has 1 aliphatic rings. The topological polar surface area (TPSA) is 26.0 Å². The maximum Gasteiger partial charge on any atom is 0.0292 e. The molecular formula is C16H25NS2. The lowest BCUT2D eigenvalue weighted by Crippen LogP contribution is -2.39. The second-order valence-electron chi connectivity index (χ2n) is 5.46. The Kier molecular flexibility index (Phi) is 6.11. The van der Waals surface area contributed by atoms with Crippen LogP contribution in [0.25, 0.3) is 0 Å². The summed E-state index contributed by atoms with van der Waals surface area (Å²) in [6.07, 6.45) is 3.51. The summed E-state index contributed by atoms with van der Waals surface area (Å²) in [6.45, 7) is 4.67. The standard InChI is InChI=1S/C16H25NS2/c1-12-13(2)19-16(11-18-12)15(17)10-6-9-14-7-4-3-5-8-14/h3-5,7-8,12-13,15-16H,6,9-11,17H2,1-2H3. The van der Waals surface area contributed by atoms with Crippen molar-refractivity contribution in [2.24, 2.45) is 5.73 Å². The Morgan fingerprint density at radius 1 is 1.21 bits per heavy atom. The third-order valence-corrected chi connectivity index (χ3v) is 7.47. The van der Waals surface area contributed by atoms with Crippen molar-refractivity contribution in [2.75, 3.05) is 5.75 Å². The van der Waals surface area contributed by atoms with E-state index in [4.69, 9.17) is 5.73 Å². The normalized spacial score (nSPS) is 29.1. The maximum atomic E-state index is 6.39.